The minimum absolute atomic E-state index is 0.00868. The Hall–Kier alpha value is -4.01. The Morgan fingerprint density at radius 2 is 1.79 bits per heavy atom. The number of esters is 1. The summed E-state index contributed by atoms with van der Waals surface area (Å²) in [5, 5.41) is 13.4. The predicted octanol–water partition coefficient (Wildman–Crippen LogP) is 3.74. The van der Waals surface area contributed by atoms with Gasteiger partial charge in [0.2, 0.25) is 5.89 Å². The number of aromatic nitrogens is 1. The molecular formula is C20H17N3O6. The summed E-state index contributed by atoms with van der Waals surface area (Å²) in [5.74, 6) is -1.04. The lowest BCUT2D eigenvalue weighted by molar-refractivity contribution is -0.383. The van der Waals surface area contributed by atoms with Gasteiger partial charge in [-0.3, -0.25) is 14.9 Å². The summed E-state index contributed by atoms with van der Waals surface area (Å²) in [7, 11) is 0. The number of amides is 1. The average Bonchev–Trinajstić information content (AvgIpc) is 3.10. The molecule has 2 aromatic carbocycles. The second kappa shape index (κ2) is 8.34. The number of para-hydroxylation sites is 2. The molecule has 1 unspecified atom stereocenters. The van der Waals surface area contributed by atoms with Gasteiger partial charge in [-0.15, -0.1) is 0 Å². The van der Waals surface area contributed by atoms with Crippen molar-refractivity contribution in [2.45, 2.75) is 20.0 Å². The number of rotatable bonds is 6. The molecule has 9 nitrogen and oxygen atoms in total. The van der Waals surface area contributed by atoms with Crippen molar-refractivity contribution in [1.29, 1.82) is 0 Å². The highest BCUT2D eigenvalue weighted by Gasteiger charge is 2.25. The van der Waals surface area contributed by atoms with Crippen LogP contribution in [0, 0.1) is 17.0 Å². The highest BCUT2D eigenvalue weighted by Crippen LogP contribution is 2.24. The number of hydrogen-bond acceptors (Lipinski definition) is 7. The first-order valence-corrected chi connectivity index (χ1v) is 8.65. The minimum atomic E-state index is -1.21. The van der Waals surface area contributed by atoms with E-state index in [-0.39, 0.29) is 28.7 Å². The summed E-state index contributed by atoms with van der Waals surface area (Å²) in [4.78, 5) is 39.3. The number of hydrogen-bond donors (Lipinski definition) is 1. The standard InChI is InChI=1S/C20H17N3O6/c1-12-17(22-19(28-12)14-8-4-3-5-9-14)20(25)29-13(2)18(24)21-15-10-6-7-11-16(15)23(26)27/h3-11,13H,1-2H3,(H,21,24). The van der Waals surface area contributed by atoms with Gasteiger partial charge in [0.05, 0.1) is 4.92 Å². The Kier molecular flexibility index (Phi) is 5.68. The Labute approximate surface area is 165 Å². The maximum absolute atomic E-state index is 12.4. The van der Waals surface area contributed by atoms with Gasteiger partial charge in [-0.25, -0.2) is 9.78 Å². The molecule has 0 aliphatic rings. The summed E-state index contributed by atoms with van der Waals surface area (Å²) >= 11 is 0. The molecule has 1 aromatic heterocycles. The number of carbonyl (C=O) groups is 2. The van der Waals surface area contributed by atoms with E-state index >= 15 is 0 Å². The van der Waals surface area contributed by atoms with Crippen LogP contribution in [0.5, 0.6) is 0 Å². The van der Waals surface area contributed by atoms with Crippen LogP contribution in [0.25, 0.3) is 11.5 Å². The van der Waals surface area contributed by atoms with E-state index in [4.69, 9.17) is 9.15 Å². The maximum atomic E-state index is 12.4. The summed E-state index contributed by atoms with van der Waals surface area (Å²) in [6, 6.07) is 14.7. The summed E-state index contributed by atoms with van der Waals surface area (Å²) in [6.45, 7) is 2.92. The first-order chi connectivity index (χ1) is 13.9. The Morgan fingerprint density at radius 1 is 1.14 bits per heavy atom. The number of ether oxygens (including phenoxy) is 1. The molecule has 3 aromatic rings. The highest BCUT2D eigenvalue weighted by molar-refractivity contribution is 5.98. The molecule has 148 valence electrons. The molecule has 1 amide bonds. The summed E-state index contributed by atoms with van der Waals surface area (Å²) in [6.07, 6.45) is -1.21. The second-order valence-corrected chi connectivity index (χ2v) is 6.10. The zero-order valence-corrected chi connectivity index (χ0v) is 15.6. The molecular weight excluding hydrogens is 378 g/mol. The van der Waals surface area contributed by atoms with Gasteiger partial charge in [0, 0.05) is 11.6 Å². The van der Waals surface area contributed by atoms with Crippen LogP contribution in [0.4, 0.5) is 11.4 Å². The largest absolute Gasteiger partial charge is 0.448 e. The molecule has 1 heterocycles. The van der Waals surface area contributed by atoms with Gasteiger partial charge in [-0.05, 0) is 32.0 Å². The molecule has 9 heteroatoms. The number of oxazole rings is 1. The number of nitrogens with one attached hydrogen (secondary N) is 1. The SMILES string of the molecule is Cc1oc(-c2ccccc2)nc1C(=O)OC(C)C(=O)Nc1ccccc1[N+](=O)[O-]. The maximum Gasteiger partial charge on any atom is 0.361 e. The van der Waals surface area contributed by atoms with Gasteiger partial charge in [0.15, 0.2) is 11.8 Å². The fourth-order valence-electron chi connectivity index (χ4n) is 2.53. The van der Waals surface area contributed by atoms with Gasteiger partial charge in [0.1, 0.15) is 11.4 Å². The van der Waals surface area contributed by atoms with Crippen LogP contribution in [-0.4, -0.2) is 27.9 Å². The van der Waals surface area contributed by atoms with Gasteiger partial charge < -0.3 is 14.5 Å². The third kappa shape index (κ3) is 4.46. The van der Waals surface area contributed by atoms with Crippen LogP contribution in [0.1, 0.15) is 23.2 Å². The van der Waals surface area contributed by atoms with E-state index in [1.165, 1.54) is 25.1 Å². The lowest BCUT2D eigenvalue weighted by Gasteiger charge is -2.13. The van der Waals surface area contributed by atoms with Crippen molar-refractivity contribution >= 4 is 23.3 Å². The molecule has 0 spiro atoms. The molecule has 1 atom stereocenters. The molecule has 0 saturated heterocycles. The molecule has 1 N–H and O–H groups in total. The van der Waals surface area contributed by atoms with E-state index in [2.05, 4.69) is 10.3 Å². The minimum Gasteiger partial charge on any atom is -0.448 e. The fraction of sp³-hybridized carbons (Fsp3) is 0.150. The topological polar surface area (TPSA) is 125 Å². The predicted molar refractivity (Wildman–Crippen MR) is 103 cm³/mol. The van der Waals surface area contributed by atoms with Crippen molar-refractivity contribution in [3.05, 3.63) is 76.2 Å². The van der Waals surface area contributed by atoms with Crippen LogP contribution in [-0.2, 0) is 9.53 Å². The third-order valence-electron chi connectivity index (χ3n) is 4.02. The van der Waals surface area contributed by atoms with E-state index < -0.39 is 22.9 Å². The number of nitro groups is 1. The fourth-order valence-corrected chi connectivity index (χ4v) is 2.53. The van der Waals surface area contributed by atoms with Gasteiger partial charge in [-0.1, -0.05) is 30.3 Å². The molecule has 0 saturated carbocycles. The Bertz CT molecular complexity index is 1060. The molecule has 29 heavy (non-hydrogen) atoms. The lowest BCUT2D eigenvalue weighted by atomic mass is 10.2. The molecule has 3 rings (SSSR count). The lowest BCUT2D eigenvalue weighted by Crippen LogP contribution is -2.30. The monoisotopic (exact) mass is 395 g/mol. The van der Waals surface area contributed by atoms with Crippen molar-refractivity contribution in [2.24, 2.45) is 0 Å². The highest BCUT2D eigenvalue weighted by atomic mass is 16.6. The van der Waals surface area contributed by atoms with E-state index in [1.807, 2.05) is 18.2 Å². The van der Waals surface area contributed by atoms with Crippen molar-refractivity contribution in [3.8, 4) is 11.5 Å². The molecule has 0 bridgehead atoms. The first kappa shape index (κ1) is 19.7. The Balaban J connectivity index is 1.70. The van der Waals surface area contributed by atoms with Crippen LogP contribution in [0.15, 0.2) is 59.0 Å². The number of anilines is 1. The number of nitrogens with zero attached hydrogens (tertiary/aromatic N) is 2. The van der Waals surface area contributed by atoms with Crippen molar-refractivity contribution < 1.29 is 23.7 Å². The zero-order valence-electron chi connectivity index (χ0n) is 15.6. The zero-order chi connectivity index (χ0) is 21.0. The summed E-state index contributed by atoms with van der Waals surface area (Å²) in [5.41, 5.74) is 0.389. The normalized spacial score (nSPS) is 11.5. The van der Waals surface area contributed by atoms with Crippen molar-refractivity contribution in [2.75, 3.05) is 5.32 Å². The van der Waals surface area contributed by atoms with Gasteiger partial charge in [-0.2, -0.15) is 0 Å². The number of nitro benzene ring substituents is 1. The van der Waals surface area contributed by atoms with Gasteiger partial charge >= 0.3 is 5.97 Å². The molecule has 0 fully saturated rings. The number of carbonyl (C=O) groups excluding carboxylic acids is 2. The molecule has 0 radical (unpaired) electrons. The average molecular weight is 395 g/mol. The number of aryl methyl sites for hydroxylation is 1. The quantitative estimate of drug-likeness (QED) is 0.383. The van der Waals surface area contributed by atoms with Crippen LogP contribution >= 0.6 is 0 Å². The molecule has 0 aliphatic carbocycles. The molecule has 0 aliphatic heterocycles. The van der Waals surface area contributed by atoms with Crippen molar-refractivity contribution in [1.82, 2.24) is 4.98 Å². The Morgan fingerprint density at radius 3 is 2.48 bits per heavy atom. The third-order valence-corrected chi connectivity index (χ3v) is 4.02. The van der Waals surface area contributed by atoms with Gasteiger partial charge in [0.25, 0.3) is 11.6 Å². The van der Waals surface area contributed by atoms with Crippen LogP contribution in [0.3, 0.4) is 0 Å². The van der Waals surface area contributed by atoms with E-state index in [0.29, 0.717) is 5.56 Å². The van der Waals surface area contributed by atoms with E-state index in [9.17, 15) is 19.7 Å². The number of benzene rings is 2. The first-order valence-electron chi connectivity index (χ1n) is 8.65. The van der Waals surface area contributed by atoms with E-state index in [0.717, 1.165) is 0 Å². The van der Waals surface area contributed by atoms with Crippen LogP contribution in [0.2, 0.25) is 0 Å². The van der Waals surface area contributed by atoms with Crippen LogP contribution < -0.4 is 5.32 Å². The van der Waals surface area contributed by atoms with E-state index in [1.54, 1.807) is 25.1 Å². The summed E-state index contributed by atoms with van der Waals surface area (Å²) < 4.78 is 10.7. The smallest absolute Gasteiger partial charge is 0.361 e. The second-order valence-electron chi connectivity index (χ2n) is 6.10. The van der Waals surface area contributed by atoms with Crippen molar-refractivity contribution in [3.63, 3.8) is 0 Å².